The molecule has 0 atom stereocenters. The average molecular weight is 601 g/mol. The number of nitrogens with two attached hydrogens (primary N) is 1. The minimum absolute atomic E-state index is 0.0175. The third-order valence-electron chi connectivity index (χ3n) is 7.37. The van der Waals surface area contributed by atoms with E-state index in [0.29, 0.717) is 24.7 Å². The number of imidazole rings is 1. The Balaban J connectivity index is 1.51. The number of nitrogens with zero attached hydrogens (tertiary/aromatic N) is 5. The summed E-state index contributed by atoms with van der Waals surface area (Å²) in [6, 6.07) is 15.5. The number of rotatable bonds is 10. The molecule has 0 aliphatic carbocycles. The zero-order valence-electron chi connectivity index (χ0n) is 24.6. The maximum absolute atomic E-state index is 13.7. The molecule has 10 nitrogen and oxygen atoms in total. The van der Waals surface area contributed by atoms with Crippen molar-refractivity contribution in [1.29, 1.82) is 0 Å². The first-order chi connectivity index (χ1) is 20.8. The van der Waals surface area contributed by atoms with E-state index in [0.717, 1.165) is 46.6 Å². The standard InChI is InChI=1S/C32H36N6O4S/c1-5-7-8-23(6-2)22-36(3)43(39,40)30-20-25(21-34-31(30)41-4)24-9-14-28-29(19-24)38(32(33)35-28)27-12-10-26(11-13-27)37-15-17-42-18-16-37/h5-14,19-21H,2,15-18,22H2,1,3-4H3,(H2,33,35). The summed E-state index contributed by atoms with van der Waals surface area (Å²) in [5.41, 5.74) is 12.0. The Morgan fingerprint density at radius 2 is 1.84 bits per heavy atom. The summed E-state index contributed by atoms with van der Waals surface area (Å²) in [5, 5.41) is 0. The van der Waals surface area contributed by atoms with E-state index in [1.807, 2.05) is 60.1 Å². The second kappa shape index (κ2) is 12.8. The van der Waals surface area contributed by atoms with E-state index >= 15 is 0 Å². The molecule has 1 aliphatic rings. The predicted octanol–water partition coefficient (Wildman–Crippen LogP) is 4.82. The van der Waals surface area contributed by atoms with Gasteiger partial charge in [-0.2, -0.15) is 4.31 Å². The third-order valence-corrected chi connectivity index (χ3v) is 9.17. The van der Waals surface area contributed by atoms with Gasteiger partial charge in [0.1, 0.15) is 4.90 Å². The van der Waals surface area contributed by atoms with Gasteiger partial charge < -0.3 is 20.1 Å². The van der Waals surface area contributed by atoms with Crippen LogP contribution in [0.5, 0.6) is 5.88 Å². The number of allylic oxidation sites excluding steroid dienone is 3. The minimum Gasteiger partial charge on any atom is -0.480 e. The van der Waals surface area contributed by atoms with Crippen molar-refractivity contribution in [2.45, 2.75) is 11.8 Å². The Morgan fingerprint density at radius 1 is 1.12 bits per heavy atom. The van der Waals surface area contributed by atoms with Crippen LogP contribution in [0.25, 0.3) is 27.8 Å². The van der Waals surface area contributed by atoms with Gasteiger partial charge in [-0.05, 0) is 60.5 Å². The van der Waals surface area contributed by atoms with E-state index in [9.17, 15) is 8.42 Å². The Hall–Kier alpha value is -4.45. The maximum Gasteiger partial charge on any atom is 0.248 e. The van der Waals surface area contributed by atoms with Gasteiger partial charge in [-0.15, -0.1) is 0 Å². The molecule has 0 radical (unpaired) electrons. The number of hydrogen-bond acceptors (Lipinski definition) is 8. The van der Waals surface area contributed by atoms with Crippen molar-refractivity contribution in [3.05, 3.63) is 91.2 Å². The molecule has 0 saturated carbocycles. The van der Waals surface area contributed by atoms with Crippen LogP contribution in [0.2, 0.25) is 0 Å². The molecule has 2 aromatic carbocycles. The number of hydrogen-bond donors (Lipinski definition) is 1. The van der Waals surface area contributed by atoms with Gasteiger partial charge in [-0.25, -0.2) is 18.4 Å². The molecule has 0 unspecified atom stereocenters. The van der Waals surface area contributed by atoms with Crippen molar-refractivity contribution in [1.82, 2.24) is 18.8 Å². The highest BCUT2D eigenvalue weighted by atomic mass is 32.2. The van der Waals surface area contributed by atoms with Crippen LogP contribution in [0.15, 0.2) is 96.1 Å². The van der Waals surface area contributed by atoms with Crippen molar-refractivity contribution < 1.29 is 17.9 Å². The second-order valence-corrected chi connectivity index (χ2v) is 12.1. The van der Waals surface area contributed by atoms with E-state index in [4.69, 9.17) is 15.2 Å². The van der Waals surface area contributed by atoms with Crippen LogP contribution < -0.4 is 15.4 Å². The van der Waals surface area contributed by atoms with Crippen LogP contribution in [-0.4, -0.2) is 74.3 Å². The molecule has 4 aromatic rings. The van der Waals surface area contributed by atoms with Crippen molar-refractivity contribution in [3.8, 4) is 22.7 Å². The summed E-state index contributed by atoms with van der Waals surface area (Å²) in [4.78, 5) is 11.2. The number of anilines is 2. The SMILES string of the molecule is C=CC(=CC=CC)CN(C)S(=O)(=O)c1cc(-c2ccc3nc(N)n(-c4ccc(N5CCOCC5)cc4)c3c2)cnc1OC. The van der Waals surface area contributed by atoms with Crippen molar-refractivity contribution in [2.24, 2.45) is 0 Å². The van der Waals surface area contributed by atoms with Gasteiger partial charge in [-0.3, -0.25) is 4.57 Å². The van der Waals surface area contributed by atoms with Crippen LogP contribution in [0, 0.1) is 0 Å². The summed E-state index contributed by atoms with van der Waals surface area (Å²) >= 11 is 0. The number of pyridine rings is 1. The highest BCUT2D eigenvalue weighted by Crippen LogP contribution is 2.33. The smallest absolute Gasteiger partial charge is 0.248 e. The zero-order valence-corrected chi connectivity index (χ0v) is 25.4. The number of morpholine rings is 1. The van der Waals surface area contributed by atoms with E-state index in [1.165, 1.54) is 18.5 Å². The highest BCUT2D eigenvalue weighted by Gasteiger charge is 2.27. The zero-order chi connectivity index (χ0) is 30.6. The highest BCUT2D eigenvalue weighted by molar-refractivity contribution is 7.89. The van der Waals surface area contributed by atoms with Gasteiger partial charge in [0.2, 0.25) is 21.9 Å². The van der Waals surface area contributed by atoms with Gasteiger partial charge in [0.15, 0.2) is 0 Å². The first-order valence-electron chi connectivity index (χ1n) is 13.9. The second-order valence-electron chi connectivity index (χ2n) is 10.1. The molecule has 1 aliphatic heterocycles. The molecule has 5 rings (SSSR count). The van der Waals surface area contributed by atoms with Crippen LogP contribution >= 0.6 is 0 Å². The van der Waals surface area contributed by atoms with E-state index in [1.54, 1.807) is 18.3 Å². The summed E-state index contributed by atoms with van der Waals surface area (Å²) in [6.07, 6.45) is 8.77. The molecule has 224 valence electrons. The molecule has 11 heteroatoms. The fraction of sp³-hybridized carbons (Fsp3) is 0.250. The quantitative estimate of drug-likeness (QED) is 0.258. The largest absolute Gasteiger partial charge is 0.480 e. The Bertz CT molecular complexity index is 1790. The van der Waals surface area contributed by atoms with Gasteiger partial charge >= 0.3 is 0 Å². The Labute approximate surface area is 252 Å². The normalized spacial score (nSPS) is 14.6. The van der Waals surface area contributed by atoms with Crippen LogP contribution in [0.1, 0.15) is 6.92 Å². The molecule has 43 heavy (non-hydrogen) atoms. The molecular weight excluding hydrogens is 564 g/mol. The molecule has 0 spiro atoms. The number of ether oxygens (including phenoxy) is 2. The van der Waals surface area contributed by atoms with Gasteiger partial charge in [0.05, 0.1) is 31.4 Å². The van der Waals surface area contributed by atoms with Crippen LogP contribution in [-0.2, 0) is 14.8 Å². The number of methoxy groups -OCH3 is 1. The summed E-state index contributed by atoms with van der Waals surface area (Å²) < 4.78 is 41.4. The lowest BCUT2D eigenvalue weighted by atomic mass is 10.1. The molecule has 1 fully saturated rings. The van der Waals surface area contributed by atoms with Gasteiger partial charge in [0.25, 0.3) is 0 Å². The Morgan fingerprint density at radius 3 is 2.51 bits per heavy atom. The fourth-order valence-electron chi connectivity index (χ4n) is 5.02. The molecule has 2 N–H and O–H groups in total. The number of fused-ring (bicyclic) bond motifs is 1. The molecule has 0 bridgehead atoms. The molecule has 1 saturated heterocycles. The molecule has 0 amide bonds. The maximum atomic E-state index is 13.7. The summed E-state index contributed by atoms with van der Waals surface area (Å²) in [6.45, 7) is 8.97. The monoisotopic (exact) mass is 600 g/mol. The number of nitrogen functional groups attached to an aromatic ring is 1. The number of sulfonamides is 1. The van der Waals surface area contributed by atoms with E-state index in [-0.39, 0.29) is 17.3 Å². The first-order valence-corrected chi connectivity index (χ1v) is 15.4. The van der Waals surface area contributed by atoms with Crippen LogP contribution in [0.4, 0.5) is 11.6 Å². The topological polar surface area (TPSA) is 116 Å². The average Bonchev–Trinajstić information content (AvgIpc) is 3.37. The van der Waals surface area contributed by atoms with Crippen molar-refractivity contribution in [2.75, 3.05) is 57.6 Å². The number of benzene rings is 2. The van der Waals surface area contributed by atoms with Crippen molar-refractivity contribution >= 4 is 32.7 Å². The van der Waals surface area contributed by atoms with E-state index in [2.05, 4.69) is 33.6 Å². The fourth-order valence-corrected chi connectivity index (χ4v) is 6.31. The summed E-state index contributed by atoms with van der Waals surface area (Å²) in [7, 11) is -1.04. The minimum atomic E-state index is -3.96. The summed E-state index contributed by atoms with van der Waals surface area (Å²) in [5.74, 6) is 0.372. The molecular formula is C32H36N6O4S. The lowest BCUT2D eigenvalue weighted by molar-refractivity contribution is 0.122. The van der Waals surface area contributed by atoms with Gasteiger partial charge in [-0.1, -0.05) is 36.9 Å². The first kappa shape index (κ1) is 30.0. The van der Waals surface area contributed by atoms with Gasteiger partial charge in [0, 0.05) is 49.8 Å². The number of aromatic nitrogens is 3. The van der Waals surface area contributed by atoms with Crippen LogP contribution in [0.3, 0.4) is 0 Å². The molecule has 3 heterocycles. The lowest BCUT2D eigenvalue weighted by Crippen LogP contribution is -2.36. The Kier molecular flexibility index (Phi) is 8.95. The van der Waals surface area contributed by atoms with E-state index < -0.39 is 10.0 Å². The predicted molar refractivity (Wildman–Crippen MR) is 171 cm³/mol. The number of likely N-dealkylation sites (N-methyl/N-ethyl adjacent to an activating group) is 1. The third kappa shape index (κ3) is 6.19. The van der Waals surface area contributed by atoms with Crippen molar-refractivity contribution in [3.63, 3.8) is 0 Å². The lowest BCUT2D eigenvalue weighted by Gasteiger charge is -2.29. The molecule has 2 aromatic heterocycles.